The largest absolute Gasteiger partial charge is 0.300 e. The summed E-state index contributed by atoms with van der Waals surface area (Å²) in [5.74, 6) is 0.340. The molecule has 52 valence electrons. The van der Waals surface area contributed by atoms with Gasteiger partial charge >= 0.3 is 0 Å². The second-order valence-corrected chi connectivity index (χ2v) is 3.20. The third-order valence-electron chi connectivity index (χ3n) is 1.67. The van der Waals surface area contributed by atoms with Crippen molar-refractivity contribution in [1.82, 2.24) is 0 Å². The summed E-state index contributed by atoms with van der Waals surface area (Å²) in [5, 5.41) is 0.125. The third kappa shape index (κ3) is 2.35. The minimum absolute atomic E-state index is 0.125. The molecule has 0 bridgehead atoms. The molecule has 0 radical (unpaired) electrons. The van der Waals surface area contributed by atoms with E-state index in [1.807, 2.05) is 0 Å². The first kappa shape index (κ1) is 7.07. The average molecular weight is 147 g/mol. The molecule has 9 heavy (non-hydrogen) atoms. The van der Waals surface area contributed by atoms with Gasteiger partial charge in [0.15, 0.2) is 0 Å². The van der Waals surface area contributed by atoms with Crippen molar-refractivity contribution >= 4 is 17.4 Å². The highest BCUT2D eigenvalue weighted by atomic mass is 35.5. The van der Waals surface area contributed by atoms with E-state index >= 15 is 0 Å². The molecule has 0 heterocycles. The molecule has 1 aliphatic rings. The Hall–Kier alpha value is -0.0400. The quantitative estimate of drug-likeness (QED) is 0.378. The van der Waals surface area contributed by atoms with Crippen LogP contribution < -0.4 is 0 Å². The van der Waals surface area contributed by atoms with Gasteiger partial charge in [-0.25, -0.2) is 0 Å². The van der Waals surface area contributed by atoms with Crippen molar-refractivity contribution in [3.63, 3.8) is 0 Å². The predicted octanol–water partition coefficient (Wildman–Crippen LogP) is 2.13. The average Bonchev–Trinajstić information content (AvgIpc) is 1.93. The first-order chi connectivity index (χ1) is 4.29. The molecule has 0 amide bonds. The molecular weight excluding hydrogens is 136 g/mol. The molecule has 1 unspecified atom stereocenters. The van der Waals surface area contributed by atoms with Gasteiger partial charge in [0, 0.05) is 18.2 Å². The molecule has 1 atom stereocenters. The fourth-order valence-corrected chi connectivity index (χ4v) is 1.47. The van der Waals surface area contributed by atoms with Crippen molar-refractivity contribution in [3.8, 4) is 0 Å². The fraction of sp³-hybridized carbons (Fsp3) is 0.857. The van der Waals surface area contributed by atoms with Gasteiger partial charge in [0.05, 0.1) is 0 Å². The second-order valence-electron chi connectivity index (χ2n) is 2.59. The van der Waals surface area contributed by atoms with Crippen LogP contribution in [0.3, 0.4) is 0 Å². The number of alkyl halides is 1. The van der Waals surface area contributed by atoms with Crippen LogP contribution in [-0.4, -0.2) is 11.2 Å². The Labute approximate surface area is 60.4 Å². The number of carbonyl (C=O) groups excluding carboxylic acids is 1. The van der Waals surface area contributed by atoms with E-state index < -0.39 is 0 Å². The maximum absolute atomic E-state index is 10.8. The fourth-order valence-electron chi connectivity index (χ4n) is 1.14. The predicted molar refractivity (Wildman–Crippen MR) is 37.7 cm³/mol. The minimum atomic E-state index is 0.125. The molecule has 1 nitrogen and oxygen atoms in total. The highest BCUT2D eigenvalue weighted by Gasteiger charge is 2.14. The Morgan fingerprint density at radius 2 is 2.22 bits per heavy atom. The maximum atomic E-state index is 10.8. The summed E-state index contributed by atoms with van der Waals surface area (Å²) in [6.07, 6.45) is 4.54. The van der Waals surface area contributed by atoms with E-state index in [0.717, 1.165) is 25.7 Å². The molecule has 0 aromatic heterocycles. The molecule has 1 rings (SSSR count). The van der Waals surface area contributed by atoms with Crippen LogP contribution in [0.4, 0.5) is 0 Å². The van der Waals surface area contributed by atoms with E-state index in [4.69, 9.17) is 11.6 Å². The van der Waals surface area contributed by atoms with Gasteiger partial charge in [0.25, 0.3) is 0 Å². The van der Waals surface area contributed by atoms with Crippen LogP contribution in [0.5, 0.6) is 0 Å². The molecule has 1 aliphatic carbocycles. The first-order valence-corrected chi connectivity index (χ1v) is 3.88. The summed E-state index contributed by atoms with van der Waals surface area (Å²) in [7, 11) is 0. The number of hydrogen-bond acceptors (Lipinski definition) is 1. The van der Waals surface area contributed by atoms with Gasteiger partial charge in [-0.1, -0.05) is 6.42 Å². The number of rotatable bonds is 0. The Bertz CT molecular complexity index is 111. The van der Waals surface area contributed by atoms with E-state index in [1.54, 1.807) is 0 Å². The summed E-state index contributed by atoms with van der Waals surface area (Å²) < 4.78 is 0. The number of halogens is 1. The van der Waals surface area contributed by atoms with Crippen molar-refractivity contribution in [2.75, 3.05) is 0 Å². The van der Waals surface area contributed by atoms with Crippen molar-refractivity contribution in [2.24, 2.45) is 0 Å². The first-order valence-electron chi connectivity index (χ1n) is 3.45. The summed E-state index contributed by atoms with van der Waals surface area (Å²) in [4.78, 5) is 10.8. The van der Waals surface area contributed by atoms with Crippen molar-refractivity contribution < 1.29 is 4.79 Å². The SMILES string of the molecule is O=C1CCCCC(Cl)C1. The monoisotopic (exact) mass is 146 g/mol. The van der Waals surface area contributed by atoms with Crippen molar-refractivity contribution in [1.29, 1.82) is 0 Å². The van der Waals surface area contributed by atoms with Crippen molar-refractivity contribution in [3.05, 3.63) is 0 Å². The van der Waals surface area contributed by atoms with E-state index in [2.05, 4.69) is 0 Å². The lowest BCUT2D eigenvalue weighted by Crippen LogP contribution is -2.02. The molecule has 0 N–H and O–H groups in total. The second kappa shape index (κ2) is 3.21. The van der Waals surface area contributed by atoms with Gasteiger partial charge in [-0.2, -0.15) is 0 Å². The highest BCUT2D eigenvalue weighted by Crippen LogP contribution is 2.18. The van der Waals surface area contributed by atoms with Crippen molar-refractivity contribution in [2.45, 2.75) is 37.5 Å². The van der Waals surface area contributed by atoms with Crippen LogP contribution in [0, 0.1) is 0 Å². The molecular formula is C7H11ClO. The van der Waals surface area contributed by atoms with Crippen LogP contribution in [0.15, 0.2) is 0 Å². The normalized spacial score (nSPS) is 29.9. The lowest BCUT2D eigenvalue weighted by molar-refractivity contribution is -0.118. The molecule has 0 aliphatic heterocycles. The Morgan fingerprint density at radius 1 is 1.44 bits per heavy atom. The lowest BCUT2D eigenvalue weighted by atomic mass is 10.2. The molecule has 1 fully saturated rings. The summed E-state index contributed by atoms with van der Waals surface area (Å²) in [5.41, 5.74) is 0. The van der Waals surface area contributed by atoms with Crippen LogP contribution in [0.25, 0.3) is 0 Å². The third-order valence-corrected chi connectivity index (χ3v) is 2.04. The zero-order valence-corrected chi connectivity index (χ0v) is 6.16. The summed E-state index contributed by atoms with van der Waals surface area (Å²) in [6, 6.07) is 0. The Balaban J connectivity index is 2.37. The molecule has 1 saturated carbocycles. The number of Topliss-reactive ketones (excluding diaryl/α,β-unsaturated/α-hetero) is 1. The molecule has 0 aromatic rings. The van der Waals surface area contributed by atoms with Gasteiger partial charge in [-0.3, -0.25) is 4.79 Å². The molecule has 0 saturated heterocycles. The Kier molecular flexibility index (Phi) is 2.52. The standard InChI is InChI=1S/C7H11ClO/c8-6-3-1-2-4-7(9)5-6/h6H,1-5H2. The van der Waals surface area contributed by atoms with E-state index in [9.17, 15) is 4.79 Å². The van der Waals surface area contributed by atoms with Gasteiger partial charge in [-0.15, -0.1) is 11.6 Å². The zero-order chi connectivity index (χ0) is 6.69. The molecule has 0 spiro atoms. The number of ketones is 1. The van der Waals surface area contributed by atoms with Gasteiger partial charge in [-0.05, 0) is 12.8 Å². The van der Waals surface area contributed by atoms with Crippen LogP contribution in [0.2, 0.25) is 0 Å². The van der Waals surface area contributed by atoms with Crippen LogP contribution in [0.1, 0.15) is 32.1 Å². The molecule has 0 aromatic carbocycles. The zero-order valence-electron chi connectivity index (χ0n) is 5.40. The van der Waals surface area contributed by atoms with Gasteiger partial charge in [0.2, 0.25) is 0 Å². The molecule has 2 heteroatoms. The summed E-state index contributed by atoms with van der Waals surface area (Å²) in [6.45, 7) is 0. The highest BCUT2D eigenvalue weighted by molar-refractivity contribution is 6.21. The minimum Gasteiger partial charge on any atom is -0.300 e. The Morgan fingerprint density at radius 3 is 3.00 bits per heavy atom. The number of carbonyl (C=O) groups is 1. The van der Waals surface area contributed by atoms with E-state index in [0.29, 0.717) is 12.2 Å². The van der Waals surface area contributed by atoms with Gasteiger partial charge < -0.3 is 0 Å². The lowest BCUT2D eigenvalue weighted by Gasteiger charge is -1.99. The smallest absolute Gasteiger partial charge is 0.134 e. The topological polar surface area (TPSA) is 17.1 Å². The van der Waals surface area contributed by atoms with Crippen LogP contribution >= 0.6 is 11.6 Å². The van der Waals surface area contributed by atoms with Gasteiger partial charge in [0.1, 0.15) is 5.78 Å². The van der Waals surface area contributed by atoms with Crippen LogP contribution in [-0.2, 0) is 4.79 Å². The van der Waals surface area contributed by atoms with E-state index in [1.165, 1.54) is 0 Å². The maximum Gasteiger partial charge on any atom is 0.134 e. The number of hydrogen-bond donors (Lipinski definition) is 0. The summed E-state index contributed by atoms with van der Waals surface area (Å²) >= 11 is 5.80. The van der Waals surface area contributed by atoms with E-state index in [-0.39, 0.29) is 5.38 Å².